The van der Waals surface area contributed by atoms with Gasteiger partial charge in [-0.25, -0.2) is 0 Å². The van der Waals surface area contributed by atoms with Crippen LogP contribution in [0.1, 0.15) is 17.2 Å². The summed E-state index contributed by atoms with van der Waals surface area (Å²) < 4.78 is 10.6. The molecule has 0 radical (unpaired) electrons. The fourth-order valence-corrected chi connectivity index (χ4v) is 1.72. The summed E-state index contributed by atoms with van der Waals surface area (Å²) in [6.45, 7) is 4.12. The Hall–Kier alpha value is -1.52. The van der Waals surface area contributed by atoms with Crippen molar-refractivity contribution in [2.75, 3.05) is 20.8 Å². The fourth-order valence-electron chi connectivity index (χ4n) is 1.72. The van der Waals surface area contributed by atoms with E-state index in [-0.39, 0.29) is 6.04 Å². The second kappa shape index (κ2) is 6.27. The molecule has 4 N–H and O–H groups in total. The van der Waals surface area contributed by atoms with Crippen LogP contribution >= 0.6 is 0 Å². The fraction of sp³-hybridized carbons (Fsp3) is 0.385. The number of nitrogens with two attached hydrogens (primary N) is 2. The molecule has 0 aromatic heterocycles. The molecule has 4 nitrogen and oxygen atoms in total. The smallest absolute Gasteiger partial charge is 0.164 e. The van der Waals surface area contributed by atoms with E-state index in [9.17, 15) is 0 Å². The summed E-state index contributed by atoms with van der Waals surface area (Å²) in [5.74, 6) is 1.39. The third-order valence-corrected chi connectivity index (χ3v) is 2.62. The summed E-state index contributed by atoms with van der Waals surface area (Å²) >= 11 is 0. The van der Waals surface area contributed by atoms with E-state index in [1.54, 1.807) is 14.2 Å². The first-order chi connectivity index (χ1) is 8.17. The molecule has 1 aromatic carbocycles. The Kier molecular flexibility index (Phi) is 5.00. The normalized spacial score (nSPS) is 12.0. The molecule has 1 atom stereocenters. The Morgan fingerprint density at radius 3 is 2.53 bits per heavy atom. The molecule has 0 bridgehead atoms. The van der Waals surface area contributed by atoms with Crippen molar-refractivity contribution in [2.45, 2.75) is 12.5 Å². The van der Waals surface area contributed by atoms with Gasteiger partial charge >= 0.3 is 0 Å². The van der Waals surface area contributed by atoms with Crippen LogP contribution in [0.4, 0.5) is 0 Å². The predicted octanol–water partition coefficient (Wildman–Crippen LogP) is 1.39. The Morgan fingerprint density at radius 2 is 2.06 bits per heavy atom. The molecule has 1 aromatic rings. The third-order valence-electron chi connectivity index (χ3n) is 2.62. The number of rotatable bonds is 6. The van der Waals surface area contributed by atoms with Gasteiger partial charge in [-0.2, -0.15) is 0 Å². The van der Waals surface area contributed by atoms with Gasteiger partial charge in [-0.15, -0.1) is 6.58 Å². The summed E-state index contributed by atoms with van der Waals surface area (Å²) in [5, 5.41) is 0. The Labute approximate surface area is 102 Å². The number of methoxy groups -OCH3 is 2. The highest BCUT2D eigenvalue weighted by molar-refractivity contribution is 5.51. The minimum atomic E-state index is -0.196. The molecule has 4 heteroatoms. The predicted molar refractivity (Wildman–Crippen MR) is 69.4 cm³/mol. The summed E-state index contributed by atoms with van der Waals surface area (Å²) in [7, 11) is 3.22. The number of benzene rings is 1. The summed E-state index contributed by atoms with van der Waals surface area (Å²) in [6.07, 6.45) is 2.51. The van der Waals surface area contributed by atoms with Gasteiger partial charge in [-0.05, 0) is 24.1 Å². The van der Waals surface area contributed by atoms with Crippen LogP contribution in [-0.4, -0.2) is 20.8 Å². The van der Waals surface area contributed by atoms with E-state index in [1.807, 2.05) is 18.2 Å². The molecule has 17 heavy (non-hydrogen) atoms. The van der Waals surface area contributed by atoms with E-state index in [1.165, 1.54) is 0 Å². The minimum Gasteiger partial charge on any atom is -0.493 e. The van der Waals surface area contributed by atoms with E-state index in [0.29, 0.717) is 18.7 Å². The van der Waals surface area contributed by atoms with Gasteiger partial charge < -0.3 is 20.9 Å². The van der Waals surface area contributed by atoms with E-state index >= 15 is 0 Å². The van der Waals surface area contributed by atoms with Gasteiger partial charge in [0.25, 0.3) is 0 Å². The van der Waals surface area contributed by atoms with Crippen LogP contribution < -0.4 is 20.9 Å². The van der Waals surface area contributed by atoms with Crippen LogP contribution in [0.15, 0.2) is 24.8 Å². The molecule has 0 amide bonds. The maximum atomic E-state index is 5.93. The lowest BCUT2D eigenvalue weighted by atomic mass is 10.0. The molecule has 0 heterocycles. The first-order valence-corrected chi connectivity index (χ1v) is 5.49. The molecule has 0 aliphatic carbocycles. The Bertz CT molecular complexity index is 391. The average molecular weight is 236 g/mol. The number of hydrogen-bond acceptors (Lipinski definition) is 4. The van der Waals surface area contributed by atoms with Crippen LogP contribution in [0.2, 0.25) is 0 Å². The van der Waals surface area contributed by atoms with Crippen molar-refractivity contribution in [2.24, 2.45) is 11.5 Å². The summed E-state index contributed by atoms with van der Waals surface area (Å²) in [5.41, 5.74) is 13.4. The zero-order chi connectivity index (χ0) is 12.8. The summed E-state index contributed by atoms with van der Waals surface area (Å²) in [4.78, 5) is 0. The largest absolute Gasteiger partial charge is 0.493 e. The van der Waals surface area contributed by atoms with Crippen molar-refractivity contribution in [1.29, 1.82) is 0 Å². The van der Waals surface area contributed by atoms with Crippen LogP contribution in [0.3, 0.4) is 0 Å². The van der Waals surface area contributed by atoms with Gasteiger partial charge in [0.05, 0.1) is 14.2 Å². The zero-order valence-corrected chi connectivity index (χ0v) is 10.4. The van der Waals surface area contributed by atoms with Crippen molar-refractivity contribution in [3.05, 3.63) is 35.9 Å². The Balaban J connectivity index is 3.28. The van der Waals surface area contributed by atoms with Crippen LogP contribution in [0.5, 0.6) is 11.5 Å². The molecule has 0 saturated heterocycles. The third kappa shape index (κ3) is 2.99. The molecule has 0 aliphatic heterocycles. The van der Waals surface area contributed by atoms with E-state index in [4.69, 9.17) is 20.9 Å². The van der Waals surface area contributed by atoms with E-state index in [2.05, 4.69) is 6.58 Å². The van der Waals surface area contributed by atoms with Gasteiger partial charge in [-0.1, -0.05) is 6.08 Å². The standard InChI is InChI=1S/C13H20N2O2/c1-4-5-9-6-10(11(15)8-14)7-12(16-2)13(9)17-3/h4,6-7,11H,1,5,8,14-15H2,2-3H3/t11-/m1/s1. The van der Waals surface area contributed by atoms with Crippen molar-refractivity contribution in [3.8, 4) is 11.5 Å². The molecule has 1 rings (SSSR count). The van der Waals surface area contributed by atoms with Gasteiger partial charge in [-0.3, -0.25) is 0 Å². The SMILES string of the molecule is C=CCc1cc([C@H](N)CN)cc(OC)c1OC. The molecule has 94 valence electrons. The maximum absolute atomic E-state index is 5.93. The quantitative estimate of drug-likeness (QED) is 0.732. The van der Waals surface area contributed by atoms with E-state index in [0.717, 1.165) is 16.9 Å². The number of ether oxygens (including phenoxy) is 2. The molecule has 0 aliphatic rings. The highest BCUT2D eigenvalue weighted by atomic mass is 16.5. The number of hydrogen-bond donors (Lipinski definition) is 2. The highest BCUT2D eigenvalue weighted by Gasteiger charge is 2.14. The van der Waals surface area contributed by atoms with Crippen LogP contribution in [0, 0.1) is 0 Å². The van der Waals surface area contributed by atoms with Crippen LogP contribution in [0.25, 0.3) is 0 Å². The molecular weight excluding hydrogens is 216 g/mol. The van der Waals surface area contributed by atoms with Crippen molar-refractivity contribution in [3.63, 3.8) is 0 Å². The molecular formula is C13H20N2O2. The summed E-state index contributed by atoms with van der Waals surface area (Å²) in [6, 6.07) is 3.65. The first kappa shape index (κ1) is 13.5. The minimum absolute atomic E-state index is 0.196. The second-order valence-corrected chi connectivity index (χ2v) is 3.75. The van der Waals surface area contributed by atoms with Crippen LogP contribution in [-0.2, 0) is 6.42 Å². The lowest BCUT2D eigenvalue weighted by Gasteiger charge is -2.17. The molecule has 0 unspecified atom stereocenters. The molecule has 0 saturated carbocycles. The monoisotopic (exact) mass is 236 g/mol. The van der Waals surface area contributed by atoms with Gasteiger partial charge in [0, 0.05) is 18.2 Å². The highest BCUT2D eigenvalue weighted by Crippen LogP contribution is 2.34. The Morgan fingerprint density at radius 1 is 1.35 bits per heavy atom. The van der Waals surface area contributed by atoms with Gasteiger partial charge in [0.2, 0.25) is 0 Å². The first-order valence-electron chi connectivity index (χ1n) is 5.49. The maximum Gasteiger partial charge on any atom is 0.164 e. The molecule has 0 spiro atoms. The van der Waals surface area contributed by atoms with Gasteiger partial charge in [0.1, 0.15) is 0 Å². The van der Waals surface area contributed by atoms with Crippen molar-refractivity contribution in [1.82, 2.24) is 0 Å². The van der Waals surface area contributed by atoms with Crippen molar-refractivity contribution < 1.29 is 9.47 Å². The molecule has 0 fully saturated rings. The van der Waals surface area contributed by atoms with Crippen molar-refractivity contribution >= 4 is 0 Å². The topological polar surface area (TPSA) is 70.5 Å². The second-order valence-electron chi connectivity index (χ2n) is 3.75. The average Bonchev–Trinajstić information content (AvgIpc) is 2.37. The lowest BCUT2D eigenvalue weighted by Crippen LogP contribution is -2.21. The number of allylic oxidation sites excluding steroid dienone is 1. The van der Waals surface area contributed by atoms with E-state index < -0.39 is 0 Å². The lowest BCUT2D eigenvalue weighted by molar-refractivity contribution is 0.351. The zero-order valence-electron chi connectivity index (χ0n) is 10.4. The van der Waals surface area contributed by atoms with Gasteiger partial charge in [0.15, 0.2) is 11.5 Å².